The number of ether oxygens (including phenoxy) is 1. The molecule has 18 heavy (non-hydrogen) atoms. The van der Waals surface area contributed by atoms with Crippen LogP contribution in [0.3, 0.4) is 0 Å². The first-order valence-electron chi connectivity index (χ1n) is 5.87. The summed E-state index contributed by atoms with van der Waals surface area (Å²) in [7, 11) is 0. The molecule has 0 saturated carbocycles. The first-order chi connectivity index (χ1) is 8.54. The number of nitrogens with zero attached hydrogens (tertiary/aromatic N) is 2. The minimum Gasteiger partial charge on any atom is -0.372 e. The maximum Gasteiger partial charge on any atom is 0.323 e. The fourth-order valence-electron chi connectivity index (χ4n) is 2.01. The highest BCUT2D eigenvalue weighted by molar-refractivity contribution is 6.30. The number of rotatable bonds is 1. The van der Waals surface area contributed by atoms with Gasteiger partial charge in [0, 0.05) is 24.3 Å². The molecule has 1 aliphatic heterocycles. The summed E-state index contributed by atoms with van der Waals surface area (Å²) in [6, 6.07) is 3.11. The van der Waals surface area contributed by atoms with Crippen LogP contribution in [0.25, 0.3) is 0 Å². The Morgan fingerprint density at radius 1 is 1.50 bits per heavy atom. The third-order valence-electron chi connectivity index (χ3n) is 2.66. The first kappa shape index (κ1) is 13.1. The second-order valence-electron chi connectivity index (χ2n) is 4.45. The number of halogens is 1. The van der Waals surface area contributed by atoms with E-state index in [1.807, 2.05) is 13.8 Å². The zero-order valence-electron chi connectivity index (χ0n) is 10.4. The Bertz CT molecular complexity index is 431. The van der Waals surface area contributed by atoms with E-state index in [0.717, 1.165) is 0 Å². The van der Waals surface area contributed by atoms with Crippen LogP contribution >= 0.6 is 11.6 Å². The fourth-order valence-corrected chi connectivity index (χ4v) is 2.17. The van der Waals surface area contributed by atoms with E-state index in [0.29, 0.717) is 23.9 Å². The SMILES string of the molecule is CC1CN(C(=O)Nc2cc(Cl)ccn2)CC(C)O1. The van der Waals surface area contributed by atoms with Crippen LogP contribution in [0.4, 0.5) is 10.6 Å². The van der Waals surface area contributed by atoms with Crippen molar-refractivity contribution in [2.75, 3.05) is 18.4 Å². The zero-order valence-corrected chi connectivity index (χ0v) is 11.1. The molecule has 2 atom stereocenters. The van der Waals surface area contributed by atoms with Crippen LogP contribution in [0.1, 0.15) is 13.8 Å². The topological polar surface area (TPSA) is 54.5 Å². The van der Waals surface area contributed by atoms with Crippen molar-refractivity contribution in [3.63, 3.8) is 0 Å². The van der Waals surface area contributed by atoms with Crippen LogP contribution in [0, 0.1) is 0 Å². The number of carbonyl (C=O) groups excluding carboxylic acids is 1. The third-order valence-corrected chi connectivity index (χ3v) is 2.90. The summed E-state index contributed by atoms with van der Waals surface area (Å²) in [5.41, 5.74) is 0. The van der Waals surface area contributed by atoms with Crippen molar-refractivity contribution in [2.24, 2.45) is 0 Å². The molecule has 98 valence electrons. The van der Waals surface area contributed by atoms with Crippen molar-refractivity contribution in [3.05, 3.63) is 23.4 Å². The van der Waals surface area contributed by atoms with Crippen molar-refractivity contribution in [1.82, 2.24) is 9.88 Å². The molecule has 5 nitrogen and oxygen atoms in total. The summed E-state index contributed by atoms with van der Waals surface area (Å²) in [4.78, 5) is 17.8. The Kier molecular flexibility index (Phi) is 4.04. The summed E-state index contributed by atoms with van der Waals surface area (Å²) in [6.45, 7) is 5.06. The summed E-state index contributed by atoms with van der Waals surface area (Å²) in [5, 5.41) is 3.27. The van der Waals surface area contributed by atoms with E-state index in [-0.39, 0.29) is 18.2 Å². The van der Waals surface area contributed by atoms with Gasteiger partial charge in [0.2, 0.25) is 0 Å². The Labute approximate surface area is 111 Å². The van der Waals surface area contributed by atoms with Gasteiger partial charge in [0.1, 0.15) is 5.82 Å². The van der Waals surface area contributed by atoms with Crippen LogP contribution in [-0.4, -0.2) is 41.2 Å². The van der Waals surface area contributed by atoms with Crippen LogP contribution in [-0.2, 0) is 4.74 Å². The van der Waals surface area contributed by atoms with Gasteiger partial charge >= 0.3 is 6.03 Å². The van der Waals surface area contributed by atoms with Crippen molar-refractivity contribution < 1.29 is 9.53 Å². The molecular formula is C12H16ClN3O2. The van der Waals surface area contributed by atoms with Gasteiger partial charge in [0.25, 0.3) is 0 Å². The van der Waals surface area contributed by atoms with Gasteiger partial charge in [-0.2, -0.15) is 0 Å². The molecule has 1 saturated heterocycles. The van der Waals surface area contributed by atoms with Crippen molar-refractivity contribution >= 4 is 23.4 Å². The average molecular weight is 270 g/mol. The number of urea groups is 1. The Morgan fingerprint density at radius 3 is 2.78 bits per heavy atom. The standard InChI is InChI=1S/C12H16ClN3O2/c1-8-6-16(7-9(2)18-8)12(17)15-11-5-10(13)3-4-14-11/h3-5,8-9H,6-7H2,1-2H3,(H,14,15,17). The minimum absolute atomic E-state index is 0.0480. The van der Waals surface area contributed by atoms with Gasteiger partial charge in [-0.25, -0.2) is 9.78 Å². The Hall–Kier alpha value is -1.33. The molecule has 0 spiro atoms. The number of amides is 2. The lowest BCUT2D eigenvalue weighted by Crippen LogP contribution is -2.49. The van der Waals surface area contributed by atoms with Gasteiger partial charge in [0.05, 0.1) is 12.2 Å². The highest BCUT2D eigenvalue weighted by atomic mass is 35.5. The molecule has 1 aliphatic rings. The number of aromatic nitrogens is 1. The van der Waals surface area contributed by atoms with Crippen LogP contribution in [0.5, 0.6) is 0 Å². The van der Waals surface area contributed by atoms with Gasteiger partial charge in [-0.15, -0.1) is 0 Å². The summed E-state index contributed by atoms with van der Waals surface area (Å²) in [6.07, 6.45) is 1.65. The molecule has 1 N–H and O–H groups in total. The number of morpholine rings is 1. The number of carbonyl (C=O) groups is 1. The number of pyridine rings is 1. The largest absolute Gasteiger partial charge is 0.372 e. The number of hydrogen-bond donors (Lipinski definition) is 1. The molecule has 1 aromatic heterocycles. The predicted molar refractivity (Wildman–Crippen MR) is 69.8 cm³/mol. The van der Waals surface area contributed by atoms with Gasteiger partial charge in [-0.1, -0.05) is 11.6 Å². The summed E-state index contributed by atoms with van der Waals surface area (Å²) < 4.78 is 5.58. The predicted octanol–water partition coefficient (Wildman–Crippen LogP) is 2.38. The maximum atomic E-state index is 12.0. The van der Waals surface area contributed by atoms with Crippen LogP contribution in [0.2, 0.25) is 5.02 Å². The monoisotopic (exact) mass is 269 g/mol. The van der Waals surface area contributed by atoms with E-state index in [1.54, 1.807) is 23.2 Å². The number of anilines is 1. The molecular weight excluding hydrogens is 254 g/mol. The van der Waals surface area contributed by atoms with Crippen molar-refractivity contribution in [1.29, 1.82) is 0 Å². The minimum atomic E-state index is -0.174. The van der Waals surface area contributed by atoms with Crippen LogP contribution in [0.15, 0.2) is 18.3 Å². The van der Waals surface area contributed by atoms with E-state index >= 15 is 0 Å². The highest BCUT2D eigenvalue weighted by Gasteiger charge is 2.25. The molecule has 0 aliphatic carbocycles. The third kappa shape index (κ3) is 3.34. The van der Waals surface area contributed by atoms with Gasteiger partial charge < -0.3 is 9.64 Å². The van der Waals surface area contributed by atoms with E-state index in [9.17, 15) is 4.79 Å². The van der Waals surface area contributed by atoms with E-state index in [4.69, 9.17) is 16.3 Å². The molecule has 0 radical (unpaired) electrons. The maximum absolute atomic E-state index is 12.0. The molecule has 2 heterocycles. The van der Waals surface area contributed by atoms with Crippen LogP contribution < -0.4 is 5.32 Å². The van der Waals surface area contributed by atoms with Crippen molar-refractivity contribution in [2.45, 2.75) is 26.1 Å². The Morgan fingerprint density at radius 2 is 2.17 bits per heavy atom. The number of nitrogens with one attached hydrogen (secondary N) is 1. The van der Waals surface area contributed by atoms with E-state index < -0.39 is 0 Å². The molecule has 2 unspecified atom stereocenters. The quantitative estimate of drug-likeness (QED) is 0.852. The molecule has 6 heteroatoms. The van der Waals surface area contributed by atoms with Gasteiger partial charge in [0.15, 0.2) is 0 Å². The molecule has 0 aromatic carbocycles. The second kappa shape index (κ2) is 5.54. The molecule has 0 bridgehead atoms. The average Bonchev–Trinajstić information content (AvgIpc) is 2.27. The first-order valence-corrected chi connectivity index (χ1v) is 6.25. The number of hydrogen-bond acceptors (Lipinski definition) is 3. The summed E-state index contributed by atoms with van der Waals surface area (Å²) >= 11 is 5.84. The molecule has 2 rings (SSSR count). The lowest BCUT2D eigenvalue weighted by atomic mass is 10.2. The lowest BCUT2D eigenvalue weighted by Gasteiger charge is -2.35. The van der Waals surface area contributed by atoms with Gasteiger partial charge in [-0.05, 0) is 26.0 Å². The second-order valence-corrected chi connectivity index (χ2v) is 4.89. The lowest BCUT2D eigenvalue weighted by molar-refractivity contribution is -0.0530. The highest BCUT2D eigenvalue weighted by Crippen LogP contribution is 2.15. The smallest absolute Gasteiger partial charge is 0.323 e. The molecule has 1 aromatic rings. The zero-order chi connectivity index (χ0) is 13.1. The normalized spacial score (nSPS) is 23.8. The van der Waals surface area contributed by atoms with E-state index in [1.165, 1.54) is 0 Å². The fraction of sp³-hybridized carbons (Fsp3) is 0.500. The molecule has 1 fully saturated rings. The van der Waals surface area contributed by atoms with Crippen molar-refractivity contribution in [3.8, 4) is 0 Å². The summed E-state index contributed by atoms with van der Waals surface area (Å²) in [5.74, 6) is 0.458. The van der Waals surface area contributed by atoms with Gasteiger partial charge in [-0.3, -0.25) is 5.32 Å². The molecule has 2 amide bonds. The van der Waals surface area contributed by atoms with E-state index in [2.05, 4.69) is 10.3 Å². The Balaban J connectivity index is 1.99.